The van der Waals surface area contributed by atoms with Crippen molar-refractivity contribution < 1.29 is 5.21 Å². The van der Waals surface area contributed by atoms with Crippen molar-refractivity contribution >= 4 is 26.8 Å². The van der Waals surface area contributed by atoms with Crippen LogP contribution in [-0.4, -0.2) is 9.94 Å². The molecule has 20 heavy (non-hydrogen) atoms. The Bertz CT molecular complexity index is 649. The van der Waals surface area contributed by atoms with Crippen molar-refractivity contribution in [2.75, 3.05) is 0 Å². The fourth-order valence-corrected chi connectivity index (χ4v) is 3.03. The summed E-state index contributed by atoms with van der Waals surface area (Å²) >= 11 is 3.34. The topological polar surface area (TPSA) is 42.2 Å². The van der Waals surface area contributed by atoms with Gasteiger partial charge in [0.05, 0.1) is 21.1 Å². The summed E-state index contributed by atoms with van der Waals surface area (Å²) < 4.78 is 1.63. The molecule has 4 heteroatoms. The fourth-order valence-electron chi connectivity index (χ4n) is 2.45. The number of halogens is 1. The van der Waals surface area contributed by atoms with Crippen LogP contribution in [0.25, 0.3) is 10.9 Å². The van der Waals surface area contributed by atoms with Crippen LogP contribution in [0.15, 0.2) is 33.5 Å². The van der Waals surface area contributed by atoms with E-state index in [1.165, 1.54) is 19.3 Å². The van der Waals surface area contributed by atoms with Crippen LogP contribution in [0.1, 0.15) is 44.7 Å². The van der Waals surface area contributed by atoms with E-state index in [-0.39, 0.29) is 5.43 Å². The monoisotopic (exact) mass is 337 g/mol. The highest BCUT2D eigenvalue weighted by atomic mass is 79.9. The van der Waals surface area contributed by atoms with Gasteiger partial charge < -0.3 is 5.21 Å². The van der Waals surface area contributed by atoms with Gasteiger partial charge in [0.1, 0.15) is 0 Å². The lowest BCUT2D eigenvalue weighted by Gasteiger charge is -2.12. The van der Waals surface area contributed by atoms with Crippen LogP contribution in [0.2, 0.25) is 0 Å². The van der Waals surface area contributed by atoms with Crippen molar-refractivity contribution in [3.8, 4) is 0 Å². The third-order valence-corrected chi connectivity index (χ3v) is 4.42. The lowest BCUT2D eigenvalue weighted by molar-refractivity contribution is 0.186. The van der Waals surface area contributed by atoms with Gasteiger partial charge in [-0.25, -0.2) is 0 Å². The molecule has 1 N–H and O–H groups in total. The van der Waals surface area contributed by atoms with Gasteiger partial charge in [-0.05, 0) is 40.9 Å². The molecular weight excluding hydrogens is 318 g/mol. The van der Waals surface area contributed by atoms with Gasteiger partial charge in [-0.2, -0.15) is 4.73 Å². The number of hydrogen-bond acceptors (Lipinski definition) is 2. The minimum absolute atomic E-state index is 0.0468. The van der Waals surface area contributed by atoms with Gasteiger partial charge >= 0.3 is 0 Å². The van der Waals surface area contributed by atoms with Crippen LogP contribution >= 0.6 is 15.9 Å². The quantitative estimate of drug-likeness (QED) is 0.622. The maximum Gasteiger partial charge on any atom is 0.204 e. The van der Waals surface area contributed by atoms with E-state index in [4.69, 9.17) is 0 Å². The number of unbranched alkanes of at least 4 members (excludes halogenated alkanes) is 4. The second-order valence-corrected chi connectivity index (χ2v) is 5.88. The van der Waals surface area contributed by atoms with Crippen molar-refractivity contribution in [1.82, 2.24) is 4.73 Å². The maximum atomic E-state index is 12.3. The Morgan fingerprint density at radius 1 is 1.15 bits per heavy atom. The molecule has 1 heterocycles. The van der Waals surface area contributed by atoms with Gasteiger partial charge in [0.2, 0.25) is 5.43 Å². The Labute approximate surface area is 127 Å². The molecule has 0 aliphatic rings. The van der Waals surface area contributed by atoms with E-state index in [9.17, 15) is 10.0 Å². The number of fused-ring (bicyclic) bond motifs is 1. The molecule has 3 nitrogen and oxygen atoms in total. The molecule has 0 fully saturated rings. The van der Waals surface area contributed by atoms with E-state index in [1.807, 2.05) is 6.07 Å². The van der Waals surface area contributed by atoms with E-state index in [2.05, 4.69) is 22.9 Å². The Hall–Kier alpha value is -1.29. The second-order valence-electron chi connectivity index (χ2n) is 5.08. The first-order valence-electron chi connectivity index (χ1n) is 7.18. The van der Waals surface area contributed by atoms with E-state index in [0.29, 0.717) is 27.5 Å². The van der Waals surface area contributed by atoms with Gasteiger partial charge in [0, 0.05) is 0 Å². The third kappa shape index (κ3) is 3.06. The number of rotatable bonds is 6. The van der Waals surface area contributed by atoms with E-state index >= 15 is 0 Å². The molecule has 0 amide bonds. The molecule has 0 aliphatic heterocycles. The van der Waals surface area contributed by atoms with Crippen LogP contribution in [-0.2, 0) is 6.42 Å². The zero-order valence-electron chi connectivity index (χ0n) is 11.7. The van der Waals surface area contributed by atoms with E-state index < -0.39 is 0 Å². The standard InChI is InChI=1S/C16H20BrNO2/c1-2-3-4-5-6-11-14-15(17)16(19)12-9-7-8-10-13(12)18(14)20/h7-10,20H,2-6,11H2,1H3. The van der Waals surface area contributed by atoms with E-state index in [0.717, 1.165) is 17.6 Å². The van der Waals surface area contributed by atoms with Gasteiger partial charge in [-0.1, -0.05) is 44.7 Å². The van der Waals surface area contributed by atoms with Crippen molar-refractivity contribution in [3.63, 3.8) is 0 Å². The largest absolute Gasteiger partial charge is 0.428 e. The van der Waals surface area contributed by atoms with Crippen molar-refractivity contribution in [2.45, 2.75) is 45.4 Å². The summed E-state index contributed by atoms with van der Waals surface area (Å²) in [5.41, 5.74) is 1.20. The summed E-state index contributed by atoms with van der Waals surface area (Å²) in [4.78, 5) is 12.3. The molecule has 0 saturated carbocycles. The maximum absolute atomic E-state index is 12.3. The van der Waals surface area contributed by atoms with Crippen LogP contribution in [0.4, 0.5) is 0 Å². The predicted octanol–water partition coefficient (Wildman–Crippen LogP) is 4.51. The zero-order chi connectivity index (χ0) is 14.5. The Morgan fingerprint density at radius 3 is 2.60 bits per heavy atom. The molecule has 0 bridgehead atoms. The number of benzene rings is 1. The molecule has 0 aliphatic carbocycles. The molecule has 2 aromatic rings. The first-order valence-corrected chi connectivity index (χ1v) is 7.97. The number of para-hydroxylation sites is 1. The molecular formula is C16H20BrNO2. The Kier molecular flexibility index (Phi) is 5.24. The molecule has 0 unspecified atom stereocenters. The fraction of sp³-hybridized carbons (Fsp3) is 0.438. The zero-order valence-corrected chi connectivity index (χ0v) is 13.3. The lowest BCUT2D eigenvalue weighted by Crippen LogP contribution is -2.15. The number of aromatic nitrogens is 1. The molecule has 0 atom stereocenters. The van der Waals surface area contributed by atoms with Crippen molar-refractivity contribution in [1.29, 1.82) is 0 Å². The molecule has 2 rings (SSSR count). The Morgan fingerprint density at radius 2 is 1.85 bits per heavy atom. The second kappa shape index (κ2) is 6.93. The molecule has 0 spiro atoms. The summed E-state index contributed by atoms with van der Waals surface area (Å²) in [7, 11) is 0. The van der Waals surface area contributed by atoms with Gasteiger partial charge in [0.25, 0.3) is 0 Å². The molecule has 1 aromatic heterocycles. The average Bonchev–Trinajstić information content (AvgIpc) is 2.48. The van der Waals surface area contributed by atoms with Crippen LogP contribution < -0.4 is 5.43 Å². The van der Waals surface area contributed by atoms with Crippen molar-refractivity contribution in [3.05, 3.63) is 44.7 Å². The highest BCUT2D eigenvalue weighted by Crippen LogP contribution is 2.21. The average molecular weight is 338 g/mol. The van der Waals surface area contributed by atoms with Crippen LogP contribution in [0.3, 0.4) is 0 Å². The smallest absolute Gasteiger partial charge is 0.204 e. The SMILES string of the molecule is CCCCCCCc1c(Br)c(=O)c2ccccc2n1O. The summed E-state index contributed by atoms with van der Waals surface area (Å²) in [6, 6.07) is 7.14. The van der Waals surface area contributed by atoms with Crippen molar-refractivity contribution in [2.24, 2.45) is 0 Å². The molecule has 0 saturated heterocycles. The molecule has 0 radical (unpaired) electrons. The lowest BCUT2D eigenvalue weighted by atomic mass is 10.1. The summed E-state index contributed by atoms with van der Waals surface area (Å²) in [5.74, 6) is 0. The number of hydrogen-bond donors (Lipinski definition) is 1. The number of pyridine rings is 1. The molecule has 1 aromatic carbocycles. The number of nitrogens with zero attached hydrogens (tertiary/aromatic N) is 1. The van der Waals surface area contributed by atoms with Gasteiger partial charge in [-0.15, -0.1) is 0 Å². The third-order valence-electron chi connectivity index (χ3n) is 3.60. The summed E-state index contributed by atoms with van der Waals surface area (Å²) in [6.07, 6.45) is 6.48. The highest BCUT2D eigenvalue weighted by Gasteiger charge is 2.14. The summed E-state index contributed by atoms with van der Waals surface area (Å²) in [6.45, 7) is 2.19. The molecule has 108 valence electrons. The minimum atomic E-state index is -0.0468. The predicted molar refractivity (Wildman–Crippen MR) is 85.6 cm³/mol. The first kappa shape index (κ1) is 15.1. The van der Waals surface area contributed by atoms with E-state index in [1.54, 1.807) is 18.2 Å². The Balaban J connectivity index is 2.27. The summed E-state index contributed by atoms with van der Waals surface area (Å²) in [5, 5.41) is 10.8. The minimum Gasteiger partial charge on any atom is -0.428 e. The normalized spacial score (nSPS) is 11.1. The van der Waals surface area contributed by atoms with Gasteiger partial charge in [0.15, 0.2) is 0 Å². The highest BCUT2D eigenvalue weighted by molar-refractivity contribution is 9.10. The van der Waals surface area contributed by atoms with Gasteiger partial charge in [-0.3, -0.25) is 4.79 Å². The van der Waals surface area contributed by atoms with Crippen LogP contribution in [0, 0.1) is 0 Å². The van der Waals surface area contributed by atoms with Crippen LogP contribution in [0.5, 0.6) is 0 Å². The first-order chi connectivity index (χ1) is 9.66.